The van der Waals surface area contributed by atoms with Crippen molar-refractivity contribution in [1.82, 2.24) is 0 Å². The second-order valence-electron chi connectivity index (χ2n) is 3.43. The van der Waals surface area contributed by atoms with Gasteiger partial charge in [0.25, 0.3) is 0 Å². The minimum absolute atomic E-state index is 0.0705. The Hall–Kier alpha value is -0.570. The number of carboxylic acid groups (broad SMARTS) is 1. The van der Waals surface area contributed by atoms with Crippen molar-refractivity contribution in [3.05, 3.63) is 0 Å². The second kappa shape index (κ2) is 5.14. The molecule has 12 heavy (non-hydrogen) atoms. The summed E-state index contributed by atoms with van der Waals surface area (Å²) in [6.45, 7) is 5.45. The van der Waals surface area contributed by atoms with Crippen molar-refractivity contribution in [2.75, 3.05) is 0 Å². The van der Waals surface area contributed by atoms with Crippen molar-refractivity contribution in [2.45, 2.75) is 39.7 Å². The maximum Gasteiger partial charge on any atom is 0.306 e. The van der Waals surface area contributed by atoms with Gasteiger partial charge in [-0.1, -0.05) is 20.8 Å². The van der Waals surface area contributed by atoms with E-state index in [9.17, 15) is 9.90 Å². The summed E-state index contributed by atoms with van der Waals surface area (Å²) in [5.74, 6) is -1.08. The summed E-state index contributed by atoms with van der Waals surface area (Å²) >= 11 is 0. The molecule has 3 atom stereocenters. The van der Waals surface area contributed by atoms with Gasteiger partial charge in [-0.2, -0.15) is 0 Å². The van der Waals surface area contributed by atoms with Crippen LogP contribution in [0, 0.1) is 11.8 Å². The first-order valence-corrected chi connectivity index (χ1v) is 4.39. The van der Waals surface area contributed by atoms with E-state index in [2.05, 4.69) is 0 Å². The Bertz CT molecular complexity index is 145. The SMILES string of the molecule is CC[C@@H](O)[C@H](C)C[C@@H](C)C(=O)O. The Labute approximate surface area is 73.4 Å². The zero-order valence-corrected chi connectivity index (χ0v) is 7.95. The van der Waals surface area contributed by atoms with Gasteiger partial charge >= 0.3 is 5.97 Å². The molecule has 3 nitrogen and oxygen atoms in total. The fraction of sp³-hybridized carbons (Fsp3) is 0.889. The minimum Gasteiger partial charge on any atom is -0.481 e. The number of aliphatic hydroxyl groups is 1. The summed E-state index contributed by atoms with van der Waals surface area (Å²) in [5.41, 5.74) is 0. The van der Waals surface area contributed by atoms with Crippen molar-refractivity contribution in [3.63, 3.8) is 0 Å². The van der Waals surface area contributed by atoms with Gasteiger partial charge in [0.1, 0.15) is 0 Å². The summed E-state index contributed by atoms with van der Waals surface area (Å²) in [5, 5.41) is 18.0. The van der Waals surface area contributed by atoms with E-state index >= 15 is 0 Å². The molecule has 0 unspecified atom stereocenters. The van der Waals surface area contributed by atoms with Crippen molar-refractivity contribution >= 4 is 5.97 Å². The molecule has 0 aliphatic rings. The number of hydrogen-bond donors (Lipinski definition) is 2. The minimum atomic E-state index is -0.787. The van der Waals surface area contributed by atoms with E-state index in [1.165, 1.54) is 0 Å². The lowest BCUT2D eigenvalue weighted by molar-refractivity contribution is -0.141. The topological polar surface area (TPSA) is 57.5 Å². The third-order valence-corrected chi connectivity index (χ3v) is 2.22. The largest absolute Gasteiger partial charge is 0.481 e. The zero-order chi connectivity index (χ0) is 9.72. The summed E-state index contributed by atoms with van der Waals surface area (Å²) in [7, 11) is 0. The first kappa shape index (κ1) is 11.4. The molecule has 0 saturated carbocycles. The van der Waals surface area contributed by atoms with Crippen LogP contribution < -0.4 is 0 Å². The molecule has 72 valence electrons. The Morgan fingerprint density at radius 3 is 2.25 bits per heavy atom. The Kier molecular flexibility index (Phi) is 4.90. The van der Waals surface area contributed by atoms with Crippen molar-refractivity contribution in [2.24, 2.45) is 11.8 Å². The molecule has 0 aromatic rings. The molecule has 0 fully saturated rings. The molecule has 0 bridgehead atoms. The van der Waals surface area contributed by atoms with E-state index in [0.29, 0.717) is 12.8 Å². The van der Waals surface area contributed by atoms with Crippen LogP contribution in [0.4, 0.5) is 0 Å². The van der Waals surface area contributed by atoms with Crippen LogP contribution in [0.25, 0.3) is 0 Å². The zero-order valence-electron chi connectivity index (χ0n) is 7.95. The van der Waals surface area contributed by atoms with Gasteiger partial charge in [-0.05, 0) is 18.8 Å². The second-order valence-corrected chi connectivity index (χ2v) is 3.43. The molecule has 0 amide bonds. The standard InChI is InChI=1S/C9H18O3/c1-4-8(10)6(2)5-7(3)9(11)12/h6-8,10H,4-5H2,1-3H3,(H,11,12)/t6-,7-,8-/m1/s1. The number of carbonyl (C=O) groups is 1. The number of rotatable bonds is 5. The summed E-state index contributed by atoms with van der Waals surface area (Å²) < 4.78 is 0. The lowest BCUT2D eigenvalue weighted by Crippen LogP contribution is -2.22. The summed E-state index contributed by atoms with van der Waals surface area (Å²) in [4.78, 5) is 10.5. The molecule has 0 saturated heterocycles. The molecule has 0 aromatic heterocycles. The molecule has 2 N–H and O–H groups in total. The Morgan fingerprint density at radius 1 is 1.42 bits per heavy atom. The van der Waals surface area contributed by atoms with Gasteiger partial charge in [0.05, 0.1) is 12.0 Å². The predicted molar refractivity (Wildman–Crippen MR) is 46.9 cm³/mol. The monoisotopic (exact) mass is 174 g/mol. The summed E-state index contributed by atoms with van der Waals surface area (Å²) in [6, 6.07) is 0. The molecule has 0 aromatic carbocycles. The van der Waals surface area contributed by atoms with E-state index in [-0.39, 0.29) is 17.9 Å². The van der Waals surface area contributed by atoms with Crippen LogP contribution in [-0.4, -0.2) is 22.3 Å². The molecule has 0 heterocycles. The molecule has 3 heteroatoms. The molecule has 0 rings (SSSR count). The average molecular weight is 174 g/mol. The number of carboxylic acids is 1. The van der Waals surface area contributed by atoms with E-state index in [1.54, 1.807) is 6.92 Å². The van der Waals surface area contributed by atoms with Crippen LogP contribution in [0.15, 0.2) is 0 Å². The van der Waals surface area contributed by atoms with Crippen molar-refractivity contribution in [1.29, 1.82) is 0 Å². The maximum absolute atomic E-state index is 10.5. The highest BCUT2D eigenvalue weighted by molar-refractivity contribution is 5.69. The van der Waals surface area contributed by atoms with Gasteiger partial charge in [-0.3, -0.25) is 4.79 Å². The van der Waals surface area contributed by atoms with Crippen molar-refractivity contribution < 1.29 is 15.0 Å². The van der Waals surface area contributed by atoms with Gasteiger partial charge in [0.15, 0.2) is 0 Å². The first-order valence-electron chi connectivity index (χ1n) is 4.39. The molecule has 0 spiro atoms. The molecule has 0 radical (unpaired) electrons. The molecule has 0 aliphatic heterocycles. The van der Waals surface area contributed by atoms with Crippen LogP contribution in [-0.2, 0) is 4.79 Å². The van der Waals surface area contributed by atoms with E-state index in [0.717, 1.165) is 0 Å². The molecular weight excluding hydrogens is 156 g/mol. The Morgan fingerprint density at radius 2 is 1.92 bits per heavy atom. The Balaban J connectivity index is 3.83. The van der Waals surface area contributed by atoms with Crippen LogP contribution in [0.3, 0.4) is 0 Å². The van der Waals surface area contributed by atoms with Gasteiger partial charge in [0, 0.05) is 0 Å². The van der Waals surface area contributed by atoms with Crippen LogP contribution in [0.1, 0.15) is 33.6 Å². The average Bonchev–Trinajstić information content (AvgIpc) is 2.02. The van der Waals surface area contributed by atoms with E-state index in [4.69, 9.17) is 5.11 Å². The van der Waals surface area contributed by atoms with Crippen molar-refractivity contribution in [3.8, 4) is 0 Å². The number of hydrogen-bond acceptors (Lipinski definition) is 2. The van der Waals surface area contributed by atoms with Gasteiger partial charge in [-0.25, -0.2) is 0 Å². The highest BCUT2D eigenvalue weighted by Gasteiger charge is 2.19. The fourth-order valence-electron chi connectivity index (χ4n) is 1.22. The van der Waals surface area contributed by atoms with Crippen LogP contribution in [0.5, 0.6) is 0 Å². The third-order valence-electron chi connectivity index (χ3n) is 2.22. The quantitative estimate of drug-likeness (QED) is 0.664. The van der Waals surface area contributed by atoms with E-state index in [1.807, 2.05) is 13.8 Å². The first-order chi connectivity index (χ1) is 5.49. The maximum atomic E-state index is 10.5. The molecule has 0 aliphatic carbocycles. The van der Waals surface area contributed by atoms with Gasteiger partial charge < -0.3 is 10.2 Å². The lowest BCUT2D eigenvalue weighted by Gasteiger charge is -2.18. The highest BCUT2D eigenvalue weighted by atomic mass is 16.4. The predicted octanol–water partition coefficient (Wildman–Crippen LogP) is 1.50. The van der Waals surface area contributed by atoms with Gasteiger partial charge in [-0.15, -0.1) is 0 Å². The summed E-state index contributed by atoms with van der Waals surface area (Å²) in [6.07, 6.45) is 0.865. The van der Waals surface area contributed by atoms with Crippen LogP contribution >= 0.6 is 0 Å². The van der Waals surface area contributed by atoms with Crippen LogP contribution in [0.2, 0.25) is 0 Å². The third kappa shape index (κ3) is 3.72. The lowest BCUT2D eigenvalue weighted by atomic mass is 9.92. The number of aliphatic hydroxyl groups excluding tert-OH is 1. The molecular formula is C9H18O3. The smallest absolute Gasteiger partial charge is 0.306 e. The normalized spacial score (nSPS) is 18.3. The fourth-order valence-corrected chi connectivity index (χ4v) is 1.22. The van der Waals surface area contributed by atoms with E-state index < -0.39 is 5.97 Å². The highest BCUT2D eigenvalue weighted by Crippen LogP contribution is 2.17. The number of aliphatic carboxylic acids is 1. The van der Waals surface area contributed by atoms with Gasteiger partial charge in [0.2, 0.25) is 0 Å².